The first-order valence-corrected chi connectivity index (χ1v) is 6.99. The van der Waals surface area contributed by atoms with Crippen molar-refractivity contribution in [1.29, 1.82) is 0 Å². The minimum Gasteiger partial charge on any atom is -0.349 e. The molecule has 0 aromatic heterocycles. The minimum atomic E-state index is 0.0620. The second-order valence-electron chi connectivity index (χ2n) is 4.97. The van der Waals surface area contributed by atoms with E-state index in [0.29, 0.717) is 0 Å². The summed E-state index contributed by atoms with van der Waals surface area (Å²) in [7, 11) is 1.93. The van der Waals surface area contributed by atoms with Gasteiger partial charge in [0.1, 0.15) is 0 Å². The van der Waals surface area contributed by atoms with E-state index >= 15 is 0 Å². The van der Waals surface area contributed by atoms with Crippen LogP contribution < -0.4 is 10.6 Å². The smallest absolute Gasteiger partial charge is 0.251 e. The monoisotopic (exact) mass is 258 g/mol. The number of carbonyl (C=O) groups is 1. The molecule has 0 spiro atoms. The molecule has 0 saturated heterocycles. The van der Waals surface area contributed by atoms with Crippen molar-refractivity contribution in [3.63, 3.8) is 0 Å². The fourth-order valence-electron chi connectivity index (χ4n) is 2.41. The normalized spacial score (nSPS) is 18.3. The summed E-state index contributed by atoms with van der Waals surface area (Å²) >= 11 is 0. The second-order valence-corrected chi connectivity index (χ2v) is 4.97. The van der Waals surface area contributed by atoms with Crippen molar-refractivity contribution in [2.75, 3.05) is 13.6 Å². The van der Waals surface area contributed by atoms with Crippen LogP contribution in [0.4, 0.5) is 0 Å². The van der Waals surface area contributed by atoms with E-state index in [-0.39, 0.29) is 11.9 Å². The van der Waals surface area contributed by atoms with E-state index in [1.54, 1.807) is 0 Å². The van der Waals surface area contributed by atoms with Gasteiger partial charge in [0.05, 0.1) is 0 Å². The van der Waals surface area contributed by atoms with E-state index in [1.807, 2.05) is 31.3 Å². The van der Waals surface area contributed by atoms with Gasteiger partial charge in [-0.3, -0.25) is 4.79 Å². The van der Waals surface area contributed by atoms with Crippen molar-refractivity contribution in [1.82, 2.24) is 10.6 Å². The Labute approximate surface area is 115 Å². The third kappa shape index (κ3) is 3.93. The third-order valence-electron chi connectivity index (χ3n) is 3.51. The molecular weight excluding hydrogens is 236 g/mol. The molecule has 1 aromatic rings. The molecule has 0 heterocycles. The summed E-state index contributed by atoms with van der Waals surface area (Å²) in [5, 5.41) is 6.26. The molecule has 1 aliphatic rings. The first-order valence-electron chi connectivity index (χ1n) is 6.99. The molecule has 2 N–H and O–H groups in total. The fraction of sp³-hybridized carbons (Fsp3) is 0.438. The van der Waals surface area contributed by atoms with Crippen LogP contribution in [0.15, 0.2) is 36.4 Å². The number of allylic oxidation sites excluding steroid dienone is 1. The van der Waals surface area contributed by atoms with Gasteiger partial charge in [0.25, 0.3) is 5.91 Å². The lowest BCUT2D eigenvalue weighted by molar-refractivity contribution is 0.0934. The Bertz CT molecular complexity index is 454. The lowest BCUT2D eigenvalue weighted by Crippen LogP contribution is -2.35. The Morgan fingerprint density at radius 2 is 2.16 bits per heavy atom. The molecule has 0 saturated carbocycles. The average molecular weight is 258 g/mol. The molecule has 0 bridgehead atoms. The molecule has 19 heavy (non-hydrogen) atoms. The zero-order valence-corrected chi connectivity index (χ0v) is 11.5. The highest BCUT2D eigenvalue weighted by atomic mass is 16.1. The van der Waals surface area contributed by atoms with Crippen molar-refractivity contribution in [3.8, 4) is 0 Å². The van der Waals surface area contributed by atoms with Gasteiger partial charge in [-0.05, 0) is 50.9 Å². The Morgan fingerprint density at radius 1 is 1.32 bits per heavy atom. The molecule has 1 aromatic carbocycles. The number of rotatable bonds is 5. The molecule has 1 aliphatic carbocycles. The van der Waals surface area contributed by atoms with Crippen LogP contribution in [0.25, 0.3) is 0 Å². The van der Waals surface area contributed by atoms with Gasteiger partial charge in [0.15, 0.2) is 0 Å². The standard InChI is InChI=1S/C16H22N2O/c1-17-12-11-13-7-5-6-10-15(13)16(19)18-14-8-3-2-4-9-14/h2-3,5-7,10,14,17H,4,8-9,11-12H2,1H3,(H,18,19). The van der Waals surface area contributed by atoms with E-state index in [0.717, 1.165) is 43.4 Å². The Balaban J connectivity index is 2.03. The van der Waals surface area contributed by atoms with Gasteiger partial charge in [-0.25, -0.2) is 0 Å². The van der Waals surface area contributed by atoms with E-state index in [1.165, 1.54) is 0 Å². The number of carbonyl (C=O) groups excluding carboxylic acids is 1. The van der Waals surface area contributed by atoms with Gasteiger partial charge in [0.2, 0.25) is 0 Å². The van der Waals surface area contributed by atoms with Crippen molar-refractivity contribution in [2.24, 2.45) is 0 Å². The van der Waals surface area contributed by atoms with Gasteiger partial charge >= 0.3 is 0 Å². The Kier molecular flexibility index (Phi) is 5.16. The lowest BCUT2D eigenvalue weighted by Gasteiger charge is -2.20. The summed E-state index contributed by atoms with van der Waals surface area (Å²) in [6.45, 7) is 0.885. The average Bonchev–Trinajstić information content (AvgIpc) is 2.46. The van der Waals surface area contributed by atoms with Crippen LogP contribution in [0.2, 0.25) is 0 Å². The third-order valence-corrected chi connectivity index (χ3v) is 3.51. The van der Waals surface area contributed by atoms with Crippen LogP contribution in [0, 0.1) is 0 Å². The molecule has 0 radical (unpaired) electrons. The Hall–Kier alpha value is -1.61. The molecular formula is C16H22N2O. The molecule has 3 nitrogen and oxygen atoms in total. The van der Waals surface area contributed by atoms with Crippen molar-refractivity contribution < 1.29 is 4.79 Å². The molecule has 3 heteroatoms. The van der Waals surface area contributed by atoms with Crippen LogP contribution in [0.3, 0.4) is 0 Å². The maximum absolute atomic E-state index is 12.3. The molecule has 2 rings (SSSR count). The maximum atomic E-state index is 12.3. The zero-order chi connectivity index (χ0) is 13.5. The summed E-state index contributed by atoms with van der Waals surface area (Å²) in [6.07, 6.45) is 8.27. The summed E-state index contributed by atoms with van der Waals surface area (Å²) in [6, 6.07) is 8.16. The van der Waals surface area contributed by atoms with E-state index in [9.17, 15) is 4.79 Å². The van der Waals surface area contributed by atoms with E-state index in [2.05, 4.69) is 22.8 Å². The number of amides is 1. The number of hydrogen-bond donors (Lipinski definition) is 2. The van der Waals surface area contributed by atoms with Crippen molar-refractivity contribution >= 4 is 5.91 Å². The second kappa shape index (κ2) is 7.10. The SMILES string of the molecule is CNCCc1ccccc1C(=O)NC1CC=CCC1. The molecule has 1 unspecified atom stereocenters. The fourth-order valence-corrected chi connectivity index (χ4v) is 2.41. The van der Waals surface area contributed by atoms with Gasteiger partial charge < -0.3 is 10.6 Å². The van der Waals surface area contributed by atoms with Crippen molar-refractivity contribution in [3.05, 3.63) is 47.5 Å². The molecule has 0 aliphatic heterocycles. The summed E-state index contributed by atoms with van der Waals surface area (Å²) in [4.78, 5) is 12.3. The van der Waals surface area contributed by atoms with Crippen LogP contribution in [0.1, 0.15) is 35.2 Å². The van der Waals surface area contributed by atoms with Crippen LogP contribution in [0.5, 0.6) is 0 Å². The lowest BCUT2D eigenvalue weighted by atomic mass is 10.00. The highest BCUT2D eigenvalue weighted by molar-refractivity contribution is 5.95. The van der Waals surface area contributed by atoms with Gasteiger partial charge in [-0.2, -0.15) is 0 Å². The van der Waals surface area contributed by atoms with Gasteiger partial charge in [-0.1, -0.05) is 30.4 Å². The summed E-state index contributed by atoms with van der Waals surface area (Å²) < 4.78 is 0. The molecule has 102 valence electrons. The first kappa shape index (κ1) is 13.8. The number of hydrogen-bond acceptors (Lipinski definition) is 2. The predicted octanol–water partition coefficient (Wildman–Crippen LogP) is 2.29. The van der Waals surface area contributed by atoms with Gasteiger partial charge in [0, 0.05) is 11.6 Å². The molecule has 0 fully saturated rings. The largest absolute Gasteiger partial charge is 0.349 e. The molecule has 1 atom stereocenters. The van der Waals surface area contributed by atoms with Crippen LogP contribution in [-0.4, -0.2) is 25.5 Å². The number of likely N-dealkylation sites (N-methyl/N-ethyl adjacent to an activating group) is 1. The van der Waals surface area contributed by atoms with Crippen LogP contribution in [-0.2, 0) is 6.42 Å². The summed E-state index contributed by atoms with van der Waals surface area (Å²) in [5.41, 5.74) is 1.92. The highest BCUT2D eigenvalue weighted by Gasteiger charge is 2.16. The zero-order valence-electron chi connectivity index (χ0n) is 11.5. The van der Waals surface area contributed by atoms with E-state index in [4.69, 9.17) is 0 Å². The number of nitrogens with one attached hydrogen (secondary N) is 2. The first-order chi connectivity index (χ1) is 9.31. The number of benzene rings is 1. The highest BCUT2D eigenvalue weighted by Crippen LogP contribution is 2.14. The van der Waals surface area contributed by atoms with Crippen LogP contribution >= 0.6 is 0 Å². The van der Waals surface area contributed by atoms with Crippen molar-refractivity contribution in [2.45, 2.75) is 31.7 Å². The minimum absolute atomic E-state index is 0.0620. The predicted molar refractivity (Wildman–Crippen MR) is 78.3 cm³/mol. The van der Waals surface area contributed by atoms with E-state index < -0.39 is 0 Å². The maximum Gasteiger partial charge on any atom is 0.251 e. The molecule has 1 amide bonds. The topological polar surface area (TPSA) is 41.1 Å². The quantitative estimate of drug-likeness (QED) is 0.796. The summed E-state index contributed by atoms with van der Waals surface area (Å²) in [5.74, 6) is 0.0620. The van der Waals surface area contributed by atoms with Gasteiger partial charge in [-0.15, -0.1) is 0 Å². The Morgan fingerprint density at radius 3 is 2.89 bits per heavy atom.